The topological polar surface area (TPSA) is 85.7 Å². The van der Waals surface area contributed by atoms with Crippen LogP contribution in [0.4, 0.5) is 0 Å². The molecule has 0 spiro atoms. The minimum atomic E-state index is -0.579. The number of piperazine rings is 1. The summed E-state index contributed by atoms with van der Waals surface area (Å²) in [5.74, 6) is -0.217. The van der Waals surface area contributed by atoms with Gasteiger partial charge in [0.25, 0.3) is 0 Å². The number of para-hydroxylation sites is 1. The SMILES string of the molecule is CC(=O)NC(Cc1c[nH]c2ccccc12)C(=O)N1CCN(Cc2c(C)nc3ccccn23)CC1. The van der Waals surface area contributed by atoms with Gasteiger partial charge in [-0.3, -0.25) is 14.5 Å². The van der Waals surface area contributed by atoms with Crippen molar-refractivity contribution >= 4 is 28.4 Å². The van der Waals surface area contributed by atoms with Gasteiger partial charge in [-0.2, -0.15) is 0 Å². The molecule has 0 aliphatic carbocycles. The molecule has 34 heavy (non-hydrogen) atoms. The molecule has 1 unspecified atom stereocenters. The van der Waals surface area contributed by atoms with E-state index in [0.29, 0.717) is 19.5 Å². The van der Waals surface area contributed by atoms with E-state index in [1.807, 2.05) is 66.7 Å². The number of hydrogen-bond donors (Lipinski definition) is 2. The van der Waals surface area contributed by atoms with Gasteiger partial charge in [0.05, 0.1) is 11.4 Å². The maximum Gasteiger partial charge on any atom is 0.245 e. The van der Waals surface area contributed by atoms with Crippen LogP contribution in [0, 0.1) is 6.92 Å². The predicted molar refractivity (Wildman–Crippen MR) is 131 cm³/mol. The molecule has 8 heteroatoms. The number of benzene rings is 1. The molecule has 0 radical (unpaired) electrons. The second-order valence-corrected chi connectivity index (χ2v) is 8.99. The number of carbonyl (C=O) groups is 2. The number of fused-ring (bicyclic) bond motifs is 2. The average Bonchev–Trinajstić information content (AvgIpc) is 3.39. The standard InChI is InChI=1S/C26H30N6O2/c1-18-24(32-10-6-5-9-25(32)28-18)17-30-11-13-31(14-12-30)26(34)23(29-19(2)33)15-20-16-27-22-8-4-3-7-21(20)22/h3-10,16,23,27H,11-15,17H2,1-2H3,(H,29,33). The van der Waals surface area contributed by atoms with Crippen LogP contribution in [0.1, 0.15) is 23.9 Å². The van der Waals surface area contributed by atoms with Gasteiger partial charge < -0.3 is 19.6 Å². The van der Waals surface area contributed by atoms with E-state index in [4.69, 9.17) is 0 Å². The summed E-state index contributed by atoms with van der Waals surface area (Å²) in [6, 6.07) is 13.5. The number of hydrogen-bond acceptors (Lipinski definition) is 4. The smallest absolute Gasteiger partial charge is 0.245 e. The molecule has 2 amide bonds. The monoisotopic (exact) mass is 458 g/mol. The summed E-state index contributed by atoms with van der Waals surface area (Å²) in [4.78, 5) is 37.5. The van der Waals surface area contributed by atoms with Gasteiger partial charge in [-0.1, -0.05) is 24.3 Å². The van der Waals surface area contributed by atoms with Gasteiger partial charge in [0.2, 0.25) is 11.8 Å². The third-order valence-corrected chi connectivity index (χ3v) is 6.66. The predicted octanol–water partition coefficient (Wildman–Crippen LogP) is 2.52. The van der Waals surface area contributed by atoms with E-state index in [1.54, 1.807) is 0 Å². The van der Waals surface area contributed by atoms with E-state index in [2.05, 4.69) is 24.6 Å². The van der Waals surface area contributed by atoms with Crippen molar-refractivity contribution in [3.8, 4) is 0 Å². The Labute approximate surface area is 198 Å². The van der Waals surface area contributed by atoms with E-state index in [9.17, 15) is 9.59 Å². The number of nitrogens with one attached hydrogen (secondary N) is 2. The fraction of sp³-hybridized carbons (Fsp3) is 0.346. The number of carbonyl (C=O) groups excluding carboxylic acids is 2. The van der Waals surface area contributed by atoms with Crippen molar-refractivity contribution in [2.45, 2.75) is 32.9 Å². The number of pyridine rings is 1. The van der Waals surface area contributed by atoms with Crippen molar-refractivity contribution in [3.63, 3.8) is 0 Å². The van der Waals surface area contributed by atoms with Gasteiger partial charge in [0.1, 0.15) is 11.7 Å². The lowest BCUT2D eigenvalue weighted by molar-refractivity contribution is -0.137. The van der Waals surface area contributed by atoms with Gasteiger partial charge in [0.15, 0.2) is 0 Å². The first-order valence-corrected chi connectivity index (χ1v) is 11.8. The zero-order valence-electron chi connectivity index (χ0n) is 19.6. The van der Waals surface area contributed by atoms with Gasteiger partial charge in [0, 0.05) is 69.4 Å². The first-order valence-electron chi connectivity index (χ1n) is 11.8. The molecule has 1 aromatic carbocycles. The van der Waals surface area contributed by atoms with E-state index in [0.717, 1.165) is 47.4 Å². The molecule has 5 rings (SSSR count). The average molecular weight is 459 g/mol. The number of amides is 2. The first-order chi connectivity index (χ1) is 16.5. The molecule has 1 atom stereocenters. The van der Waals surface area contributed by atoms with Crippen LogP contribution >= 0.6 is 0 Å². The normalized spacial score (nSPS) is 15.6. The molecule has 4 heterocycles. The fourth-order valence-electron chi connectivity index (χ4n) is 4.88. The molecule has 3 aromatic heterocycles. The summed E-state index contributed by atoms with van der Waals surface area (Å²) in [7, 11) is 0. The summed E-state index contributed by atoms with van der Waals surface area (Å²) >= 11 is 0. The first kappa shape index (κ1) is 22.2. The number of imidazole rings is 1. The molecule has 8 nitrogen and oxygen atoms in total. The number of rotatable bonds is 6. The number of aromatic nitrogens is 3. The summed E-state index contributed by atoms with van der Waals surface area (Å²) in [6.07, 6.45) is 4.44. The number of aromatic amines is 1. The maximum absolute atomic E-state index is 13.4. The van der Waals surface area contributed by atoms with Gasteiger partial charge >= 0.3 is 0 Å². The zero-order chi connectivity index (χ0) is 23.7. The largest absolute Gasteiger partial charge is 0.361 e. The summed E-state index contributed by atoms with van der Waals surface area (Å²) < 4.78 is 2.14. The third-order valence-electron chi connectivity index (χ3n) is 6.66. The Morgan fingerprint density at radius 2 is 1.85 bits per heavy atom. The molecular formula is C26H30N6O2. The van der Waals surface area contributed by atoms with Crippen LogP contribution in [0.3, 0.4) is 0 Å². The molecule has 1 aliphatic heterocycles. The third kappa shape index (κ3) is 4.41. The highest BCUT2D eigenvalue weighted by Gasteiger charge is 2.29. The lowest BCUT2D eigenvalue weighted by atomic mass is 10.0. The van der Waals surface area contributed by atoms with E-state index < -0.39 is 6.04 Å². The molecule has 1 aliphatic rings. The fourth-order valence-corrected chi connectivity index (χ4v) is 4.88. The molecule has 2 N–H and O–H groups in total. The van der Waals surface area contributed by atoms with Crippen molar-refractivity contribution in [3.05, 3.63) is 71.8 Å². The number of nitrogens with zero attached hydrogens (tertiary/aromatic N) is 4. The summed E-state index contributed by atoms with van der Waals surface area (Å²) in [5, 5.41) is 3.97. The van der Waals surface area contributed by atoms with Crippen molar-refractivity contribution in [1.82, 2.24) is 29.5 Å². The second kappa shape index (κ2) is 9.30. The van der Waals surface area contributed by atoms with Crippen molar-refractivity contribution < 1.29 is 9.59 Å². The van der Waals surface area contributed by atoms with Crippen molar-refractivity contribution in [2.24, 2.45) is 0 Å². The molecule has 1 fully saturated rings. The highest BCUT2D eigenvalue weighted by molar-refractivity contribution is 5.89. The zero-order valence-corrected chi connectivity index (χ0v) is 19.6. The quantitative estimate of drug-likeness (QED) is 0.465. The van der Waals surface area contributed by atoms with E-state index in [1.165, 1.54) is 12.6 Å². The summed E-state index contributed by atoms with van der Waals surface area (Å²) in [5.41, 5.74) is 5.24. The summed E-state index contributed by atoms with van der Waals surface area (Å²) in [6.45, 7) is 7.15. The lowest BCUT2D eigenvalue weighted by Crippen LogP contribution is -2.55. The molecular weight excluding hydrogens is 428 g/mol. The van der Waals surface area contributed by atoms with Gasteiger partial charge in [-0.15, -0.1) is 0 Å². The molecule has 1 saturated heterocycles. The van der Waals surface area contributed by atoms with E-state index >= 15 is 0 Å². The van der Waals surface area contributed by atoms with Crippen LogP contribution in [0.15, 0.2) is 54.9 Å². The van der Waals surface area contributed by atoms with Crippen LogP contribution in [-0.4, -0.2) is 68.2 Å². The lowest BCUT2D eigenvalue weighted by Gasteiger charge is -2.36. The Morgan fingerprint density at radius 1 is 1.09 bits per heavy atom. The van der Waals surface area contributed by atoms with Gasteiger partial charge in [-0.25, -0.2) is 4.98 Å². The highest BCUT2D eigenvalue weighted by Crippen LogP contribution is 2.20. The Morgan fingerprint density at radius 3 is 2.65 bits per heavy atom. The van der Waals surface area contributed by atoms with Crippen LogP contribution in [0.5, 0.6) is 0 Å². The Balaban J connectivity index is 1.25. The molecule has 0 saturated carbocycles. The van der Waals surface area contributed by atoms with Crippen molar-refractivity contribution in [1.29, 1.82) is 0 Å². The van der Waals surface area contributed by atoms with Crippen LogP contribution < -0.4 is 5.32 Å². The Bertz CT molecular complexity index is 1330. The van der Waals surface area contributed by atoms with Crippen LogP contribution in [0.2, 0.25) is 0 Å². The Hall–Kier alpha value is -3.65. The molecule has 176 valence electrons. The second-order valence-electron chi connectivity index (χ2n) is 8.99. The van der Waals surface area contributed by atoms with Crippen LogP contribution in [-0.2, 0) is 22.6 Å². The van der Waals surface area contributed by atoms with Crippen LogP contribution in [0.25, 0.3) is 16.6 Å². The number of aryl methyl sites for hydroxylation is 1. The van der Waals surface area contributed by atoms with E-state index in [-0.39, 0.29) is 11.8 Å². The van der Waals surface area contributed by atoms with Gasteiger partial charge in [-0.05, 0) is 30.7 Å². The maximum atomic E-state index is 13.4. The highest BCUT2D eigenvalue weighted by atomic mass is 16.2. The molecule has 0 bridgehead atoms. The minimum Gasteiger partial charge on any atom is -0.361 e. The minimum absolute atomic E-state index is 0.0221. The Kier molecular flexibility index (Phi) is 6.06. The number of H-pyrrole nitrogens is 1. The van der Waals surface area contributed by atoms with Crippen molar-refractivity contribution in [2.75, 3.05) is 26.2 Å². The molecule has 4 aromatic rings.